The maximum Gasteiger partial charge on any atom is 0.288 e. The Balaban J connectivity index is 1.76. The lowest BCUT2D eigenvalue weighted by Gasteiger charge is -2.34. The Morgan fingerprint density at radius 2 is 1.58 bits per heavy atom. The fourth-order valence-electron chi connectivity index (χ4n) is 3.77. The number of aryl methyl sites for hydroxylation is 2. The first kappa shape index (κ1) is 24.2. The zero-order chi connectivity index (χ0) is 23.1. The molecule has 2 aromatic rings. The third-order valence-corrected chi connectivity index (χ3v) is 8.49. The fourth-order valence-corrected chi connectivity index (χ4v) is 5.87. The Morgan fingerprint density at radius 1 is 1.03 bits per heavy atom. The number of halogens is 2. The molecular formula is C21H28Cl2N4O3S. The second kappa shape index (κ2) is 8.83. The van der Waals surface area contributed by atoms with Gasteiger partial charge in [-0.1, -0.05) is 56.1 Å². The van der Waals surface area contributed by atoms with E-state index in [0.29, 0.717) is 31.1 Å². The quantitative estimate of drug-likeness (QED) is 0.661. The molecule has 0 spiro atoms. The zero-order valence-corrected chi connectivity index (χ0v) is 20.8. The van der Waals surface area contributed by atoms with Crippen LogP contribution in [0.2, 0.25) is 10.0 Å². The number of sulfonamides is 1. The van der Waals surface area contributed by atoms with Crippen LogP contribution in [0.5, 0.6) is 0 Å². The first-order chi connectivity index (χ1) is 14.3. The van der Waals surface area contributed by atoms with Crippen LogP contribution in [-0.4, -0.2) is 53.6 Å². The van der Waals surface area contributed by atoms with Gasteiger partial charge in [-0.2, -0.15) is 9.40 Å². The van der Waals surface area contributed by atoms with Gasteiger partial charge in [0.05, 0.1) is 22.8 Å². The third kappa shape index (κ3) is 4.98. The molecule has 1 aliphatic rings. The molecule has 2 heterocycles. The largest absolute Gasteiger partial charge is 0.288 e. The van der Waals surface area contributed by atoms with Crippen molar-refractivity contribution in [3.8, 4) is 0 Å². The molecule has 1 fully saturated rings. The van der Waals surface area contributed by atoms with Crippen molar-refractivity contribution >= 4 is 33.2 Å². The van der Waals surface area contributed by atoms with Crippen molar-refractivity contribution in [1.82, 2.24) is 19.0 Å². The van der Waals surface area contributed by atoms with Crippen LogP contribution in [0.15, 0.2) is 28.0 Å². The van der Waals surface area contributed by atoms with Gasteiger partial charge in [0.15, 0.2) is 0 Å². The molecule has 0 amide bonds. The molecule has 0 N–H and O–H groups in total. The summed E-state index contributed by atoms with van der Waals surface area (Å²) in [6, 6.07) is 3.94. The second-order valence-electron chi connectivity index (χ2n) is 8.96. The van der Waals surface area contributed by atoms with Crippen molar-refractivity contribution in [2.75, 3.05) is 26.2 Å². The van der Waals surface area contributed by atoms with Crippen molar-refractivity contribution in [3.63, 3.8) is 0 Å². The van der Waals surface area contributed by atoms with Crippen molar-refractivity contribution in [1.29, 1.82) is 0 Å². The number of hydrogen-bond acceptors (Lipinski definition) is 5. The van der Waals surface area contributed by atoms with E-state index in [1.54, 1.807) is 0 Å². The Kier molecular flexibility index (Phi) is 6.89. The van der Waals surface area contributed by atoms with E-state index in [4.69, 9.17) is 23.2 Å². The number of piperazine rings is 1. The number of hydrogen-bond donors (Lipinski definition) is 0. The average Bonchev–Trinajstić information content (AvgIpc) is 2.67. The number of nitrogens with zero attached hydrogens (tertiary/aromatic N) is 4. The molecule has 1 saturated heterocycles. The van der Waals surface area contributed by atoms with Gasteiger partial charge >= 0.3 is 0 Å². The van der Waals surface area contributed by atoms with Gasteiger partial charge in [-0.05, 0) is 36.0 Å². The molecular weight excluding hydrogens is 459 g/mol. The van der Waals surface area contributed by atoms with E-state index >= 15 is 0 Å². The number of aromatic nitrogens is 2. The second-order valence-corrected chi connectivity index (χ2v) is 11.6. The van der Waals surface area contributed by atoms with E-state index in [1.165, 1.54) is 15.2 Å². The first-order valence-corrected chi connectivity index (χ1v) is 12.3. The normalized spacial score (nSPS) is 16.6. The summed E-state index contributed by atoms with van der Waals surface area (Å²) in [6.07, 6.45) is 1.33. The van der Waals surface area contributed by atoms with Gasteiger partial charge in [0.1, 0.15) is 5.02 Å². The van der Waals surface area contributed by atoms with E-state index in [-0.39, 0.29) is 22.1 Å². The molecule has 0 radical (unpaired) electrons. The van der Waals surface area contributed by atoms with E-state index < -0.39 is 15.6 Å². The molecule has 0 saturated carbocycles. The summed E-state index contributed by atoms with van der Waals surface area (Å²) in [4.78, 5) is 14.5. The molecule has 1 aromatic carbocycles. The molecule has 7 nitrogen and oxygen atoms in total. The summed E-state index contributed by atoms with van der Waals surface area (Å²) in [5.74, 6) is 0. The smallest absolute Gasteiger partial charge is 0.282 e. The summed E-state index contributed by atoms with van der Waals surface area (Å²) in [5.41, 5.74) is 2.12. The molecule has 0 atom stereocenters. The highest BCUT2D eigenvalue weighted by Gasteiger charge is 2.32. The highest BCUT2D eigenvalue weighted by molar-refractivity contribution is 7.89. The Labute approximate surface area is 193 Å². The van der Waals surface area contributed by atoms with Crippen molar-refractivity contribution in [2.24, 2.45) is 0 Å². The minimum absolute atomic E-state index is 0.0554. The van der Waals surface area contributed by atoms with Crippen molar-refractivity contribution < 1.29 is 8.42 Å². The minimum atomic E-state index is -3.62. The van der Waals surface area contributed by atoms with Crippen LogP contribution >= 0.6 is 23.2 Å². The predicted molar refractivity (Wildman–Crippen MR) is 123 cm³/mol. The molecule has 0 unspecified atom stereocenters. The summed E-state index contributed by atoms with van der Waals surface area (Å²) in [6.45, 7) is 11.9. The zero-order valence-electron chi connectivity index (χ0n) is 18.4. The Bertz CT molecular complexity index is 1130. The molecule has 10 heteroatoms. The molecule has 170 valence electrons. The molecule has 31 heavy (non-hydrogen) atoms. The van der Waals surface area contributed by atoms with Gasteiger partial charge in [0.2, 0.25) is 10.0 Å². The van der Waals surface area contributed by atoms with Crippen LogP contribution in [-0.2, 0) is 22.1 Å². The lowest BCUT2D eigenvalue weighted by Crippen LogP contribution is -2.50. The van der Waals surface area contributed by atoms with E-state index in [2.05, 4.69) is 25.9 Å². The van der Waals surface area contributed by atoms with E-state index in [9.17, 15) is 13.2 Å². The summed E-state index contributed by atoms with van der Waals surface area (Å²) in [7, 11) is -3.62. The highest BCUT2D eigenvalue weighted by Crippen LogP contribution is 2.31. The van der Waals surface area contributed by atoms with Gasteiger partial charge < -0.3 is 0 Å². The van der Waals surface area contributed by atoms with E-state index in [0.717, 1.165) is 16.7 Å². The van der Waals surface area contributed by atoms with Crippen LogP contribution in [0.4, 0.5) is 0 Å². The number of benzene rings is 1. The minimum Gasteiger partial charge on any atom is -0.282 e. The molecule has 3 rings (SSSR count). The lowest BCUT2D eigenvalue weighted by atomic mass is 9.85. The fraction of sp³-hybridized carbons (Fsp3) is 0.524. The third-order valence-electron chi connectivity index (χ3n) is 5.53. The highest BCUT2D eigenvalue weighted by atomic mass is 35.5. The first-order valence-electron chi connectivity index (χ1n) is 10.1. The van der Waals surface area contributed by atoms with Crippen LogP contribution in [0.3, 0.4) is 0 Å². The standard InChI is InChI=1S/C21H28Cl2N4O3S/c1-14-10-16(21(3,4)5)11-15(2)19(14)31(29,30)26-8-6-25(7-9-26)13-27-20(28)18(23)17(22)12-24-27/h10-12H,6-9,13H2,1-5H3. The Hall–Kier alpha value is -1.45. The molecule has 1 aromatic heterocycles. The maximum absolute atomic E-state index is 13.4. The summed E-state index contributed by atoms with van der Waals surface area (Å²) < 4.78 is 29.5. The van der Waals surface area contributed by atoms with Gasteiger partial charge in [-0.15, -0.1) is 0 Å². The van der Waals surface area contributed by atoms with Crippen molar-refractivity contribution in [2.45, 2.75) is 51.6 Å². The van der Waals surface area contributed by atoms with Gasteiger partial charge in [-0.25, -0.2) is 13.1 Å². The van der Waals surface area contributed by atoms with Crippen LogP contribution < -0.4 is 5.56 Å². The predicted octanol–water partition coefficient (Wildman–Crippen LogP) is 3.43. The summed E-state index contributed by atoms with van der Waals surface area (Å²) >= 11 is 11.7. The maximum atomic E-state index is 13.4. The van der Waals surface area contributed by atoms with Gasteiger partial charge in [0, 0.05) is 26.2 Å². The average molecular weight is 487 g/mol. The molecule has 0 bridgehead atoms. The topological polar surface area (TPSA) is 75.5 Å². The SMILES string of the molecule is Cc1cc(C(C)(C)C)cc(C)c1S(=O)(=O)N1CCN(Cn2ncc(Cl)c(Cl)c2=O)CC1. The van der Waals surface area contributed by atoms with Gasteiger partial charge in [0.25, 0.3) is 5.56 Å². The number of rotatable bonds is 4. The van der Waals surface area contributed by atoms with Crippen molar-refractivity contribution in [3.05, 3.63) is 55.4 Å². The molecule has 1 aliphatic heterocycles. The Morgan fingerprint density at radius 3 is 2.10 bits per heavy atom. The van der Waals surface area contributed by atoms with Gasteiger partial charge in [-0.3, -0.25) is 9.69 Å². The van der Waals surface area contributed by atoms with Crippen LogP contribution in [0.1, 0.15) is 37.5 Å². The molecule has 0 aliphatic carbocycles. The lowest BCUT2D eigenvalue weighted by molar-refractivity contribution is 0.143. The monoisotopic (exact) mass is 486 g/mol. The summed E-state index contributed by atoms with van der Waals surface area (Å²) in [5, 5.41) is 4.06. The van der Waals surface area contributed by atoms with Crippen LogP contribution in [0.25, 0.3) is 0 Å². The van der Waals surface area contributed by atoms with Crippen LogP contribution in [0, 0.1) is 13.8 Å². The van der Waals surface area contributed by atoms with E-state index in [1.807, 2.05) is 30.9 Å².